The van der Waals surface area contributed by atoms with Crippen LogP contribution in [0.5, 0.6) is 5.75 Å². The van der Waals surface area contributed by atoms with Crippen LogP contribution in [0, 0.1) is 24.0 Å². The second-order valence-electron chi connectivity index (χ2n) is 6.20. The maximum Gasteiger partial charge on any atom is 0.307 e. The van der Waals surface area contributed by atoms with E-state index in [0.29, 0.717) is 16.9 Å². The summed E-state index contributed by atoms with van der Waals surface area (Å²) in [5, 5.41) is 23.8. The summed E-state index contributed by atoms with van der Waals surface area (Å²) in [7, 11) is 1.87. The second kappa shape index (κ2) is 7.78. The number of aryl methyl sites for hydroxylation is 2. The number of nitrogens with zero attached hydrogens (tertiary/aromatic N) is 6. The Hall–Kier alpha value is -2.88. The summed E-state index contributed by atoms with van der Waals surface area (Å²) in [6.45, 7) is 5.98. The van der Waals surface area contributed by atoms with Crippen molar-refractivity contribution in [1.29, 1.82) is 0 Å². The highest BCUT2D eigenvalue weighted by atomic mass is 32.2. The molecule has 10 heteroatoms. The van der Waals surface area contributed by atoms with Crippen molar-refractivity contribution in [2.24, 2.45) is 7.05 Å². The molecule has 1 aromatic carbocycles. The van der Waals surface area contributed by atoms with E-state index in [2.05, 4.69) is 21.4 Å². The summed E-state index contributed by atoms with van der Waals surface area (Å²) in [6.07, 6.45) is 2.34. The molecule has 0 fully saturated rings. The topological polar surface area (TPSA) is 101 Å². The van der Waals surface area contributed by atoms with Gasteiger partial charge >= 0.3 is 5.69 Å². The molecule has 0 aliphatic heterocycles. The van der Waals surface area contributed by atoms with Crippen LogP contribution < -0.4 is 4.74 Å². The molecule has 9 nitrogen and oxygen atoms in total. The van der Waals surface area contributed by atoms with E-state index in [-0.39, 0.29) is 11.8 Å². The zero-order valence-electron chi connectivity index (χ0n) is 15.5. The molecule has 0 bridgehead atoms. The van der Waals surface area contributed by atoms with Crippen molar-refractivity contribution in [1.82, 2.24) is 24.5 Å². The Balaban J connectivity index is 1.67. The van der Waals surface area contributed by atoms with Gasteiger partial charge < -0.3 is 9.30 Å². The van der Waals surface area contributed by atoms with Crippen molar-refractivity contribution in [2.45, 2.75) is 37.9 Å². The third kappa shape index (κ3) is 4.27. The Bertz CT molecular complexity index is 967. The van der Waals surface area contributed by atoms with E-state index in [4.69, 9.17) is 4.74 Å². The van der Waals surface area contributed by atoms with E-state index in [1.807, 2.05) is 44.5 Å². The zero-order chi connectivity index (χ0) is 19.6. The molecule has 0 spiro atoms. The normalized spacial score (nSPS) is 12.1. The van der Waals surface area contributed by atoms with Gasteiger partial charge in [0, 0.05) is 7.05 Å². The van der Waals surface area contributed by atoms with Gasteiger partial charge in [-0.25, -0.2) is 0 Å². The zero-order valence-corrected chi connectivity index (χ0v) is 16.3. The largest absolute Gasteiger partial charge is 0.482 e. The lowest BCUT2D eigenvalue weighted by Crippen LogP contribution is -2.10. The first kappa shape index (κ1) is 18.9. The Morgan fingerprint density at radius 1 is 1.33 bits per heavy atom. The number of hydrogen-bond acceptors (Lipinski definition) is 7. The van der Waals surface area contributed by atoms with Crippen molar-refractivity contribution < 1.29 is 9.66 Å². The van der Waals surface area contributed by atoms with Crippen LogP contribution in [-0.2, 0) is 12.9 Å². The number of benzene rings is 1. The van der Waals surface area contributed by atoms with Crippen LogP contribution in [-0.4, -0.2) is 29.5 Å². The van der Waals surface area contributed by atoms with Gasteiger partial charge in [0.2, 0.25) is 0 Å². The number of aromatic nitrogens is 5. The van der Waals surface area contributed by atoms with Crippen molar-refractivity contribution in [3.8, 4) is 5.75 Å². The van der Waals surface area contributed by atoms with Gasteiger partial charge in [0.1, 0.15) is 18.1 Å². The molecule has 142 valence electrons. The molecule has 2 aromatic heterocycles. The fraction of sp³-hybridized carbons (Fsp3) is 0.353. The smallest absolute Gasteiger partial charge is 0.307 e. The molecule has 27 heavy (non-hydrogen) atoms. The lowest BCUT2D eigenvalue weighted by atomic mass is 10.1. The molecule has 0 N–H and O–H groups in total. The molecule has 0 saturated carbocycles. The van der Waals surface area contributed by atoms with E-state index in [0.717, 1.165) is 11.3 Å². The van der Waals surface area contributed by atoms with Crippen LogP contribution in [0.25, 0.3) is 0 Å². The van der Waals surface area contributed by atoms with Crippen molar-refractivity contribution in [2.75, 3.05) is 0 Å². The van der Waals surface area contributed by atoms with Gasteiger partial charge in [0.15, 0.2) is 17.1 Å². The fourth-order valence-electron chi connectivity index (χ4n) is 2.62. The predicted octanol–water partition coefficient (Wildman–Crippen LogP) is 3.43. The number of hydrogen-bond donors (Lipinski definition) is 0. The van der Waals surface area contributed by atoms with Gasteiger partial charge in [0.05, 0.1) is 10.8 Å². The third-order valence-corrected chi connectivity index (χ3v) is 5.03. The number of thioether (sulfide) groups is 1. The van der Waals surface area contributed by atoms with Crippen LogP contribution in [0.2, 0.25) is 0 Å². The summed E-state index contributed by atoms with van der Waals surface area (Å²) in [5.41, 5.74) is 2.22. The average Bonchev–Trinajstić information content (AvgIpc) is 3.22. The number of nitro groups is 1. The van der Waals surface area contributed by atoms with Crippen LogP contribution in [0.15, 0.2) is 35.7 Å². The quantitative estimate of drug-likeness (QED) is 0.347. The Kier molecular flexibility index (Phi) is 5.45. The SMILES string of the molecule is Cc1ccc(OC(C)c2nnc(SCn3cc([N+](=O)[O-])cn3)n2C)c(C)c1. The number of ether oxygens (including phenoxy) is 1. The van der Waals surface area contributed by atoms with Crippen LogP contribution in [0.3, 0.4) is 0 Å². The lowest BCUT2D eigenvalue weighted by Gasteiger charge is -2.16. The molecule has 3 aromatic rings. The van der Waals surface area contributed by atoms with E-state index in [1.54, 1.807) is 0 Å². The third-order valence-electron chi connectivity index (χ3n) is 4.02. The summed E-state index contributed by atoms with van der Waals surface area (Å²) in [4.78, 5) is 10.2. The van der Waals surface area contributed by atoms with Gasteiger partial charge in [-0.15, -0.1) is 10.2 Å². The summed E-state index contributed by atoms with van der Waals surface area (Å²) < 4.78 is 9.40. The van der Waals surface area contributed by atoms with Crippen molar-refractivity contribution in [3.63, 3.8) is 0 Å². The van der Waals surface area contributed by atoms with Crippen molar-refractivity contribution in [3.05, 3.63) is 57.7 Å². The van der Waals surface area contributed by atoms with E-state index in [1.165, 1.54) is 34.4 Å². The minimum absolute atomic E-state index is 0.0373. The minimum Gasteiger partial charge on any atom is -0.482 e. The first-order valence-electron chi connectivity index (χ1n) is 8.28. The summed E-state index contributed by atoms with van der Waals surface area (Å²) in [5.74, 6) is 1.91. The minimum atomic E-state index is -0.472. The van der Waals surface area contributed by atoms with Crippen LogP contribution in [0.1, 0.15) is 30.0 Å². The highest BCUT2D eigenvalue weighted by Gasteiger charge is 2.18. The lowest BCUT2D eigenvalue weighted by molar-refractivity contribution is -0.385. The summed E-state index contributed by atoms with van der Waals surface area (Å²) >= 11 is 1.39. The monoisotopic (exact) mass is 388 g/mol. The van der Waals surface area contributed by atoms with Gasteiger partial charge in [-0.3, -0.25) is 14.8 Å². The van der Waals surface area contributed by atoms with Crippen LogP contribution in [0.4, 0.5) is 5.69 Å². The summed E-state index contributed by atoms with van der Waals surface area (Å²) in [6, 6.07) is 6.04. The predicted molar refractivity (Wildman–Crippen MR) is 101 cm³/mol. The van der Waals surface area contributed by atoms with E-state index in [9.17, 15) is 10.1 Å². The number of rotatable bonds is 7. The molecule has 0 aliphatic carbocycles. The maximum atomic E-state index is 10.7. The van der Waals surface area contributed by atoms with Crippen molar-refractivity contribution >= 4 is 17.4 Å². The molecule has 1 unspecified atom stereocenters. The molecule has 0 amide bonds. The molecule has 0 saturated heterocycles. The maximum absolute atomic E-state index is 10.7. The molecule has 0 aliphatic rings. The standard InChI is InChI=1S/C17H20N6O3S/c1-11-5-6-15(12(2)7-11)26-13(3)16-19-20-17(21(16)4)27-10-22-9-14(8-18-22)23(24)25/h5-9,13H,10H2,1-4H3. The first-order chi connectivity index (χ1) is 12.8. The Labute approximate surface area is 160 Å². The molecular weight excluding hydrogens is 368 g/mol. The van der Waals surface area contributed by atoms with Gasteiger partial charge in [-0.05, 0) is 32.4 Å². The fourth-order valence-corrected chi connectivity index (χ4v) is 3.40. The molecular formula is C17H20N6O3S. The van der Waals surface area contributed by atoms with E-state index < -0.39 is 4.92 Å². The highest BCUT2D eigenvalue weighted by Crippen LogP contribution is 2.27. The van der Waals surface area contributed by atoms with E-state index >= 15 is 0 Å². The van der Waals surface area contributed by atoms with Gasteiger partial charge in [-0.1, -0.05) is 29.5 Å². The Morgan fingerprint density at radius 2 is 2.11 bits per heavy atom. The molecule has 1 atom stereocenters. The molecule has 3 rings (SSSR count). The second-order valence-corrected chi connectivity index (χ2v) is 7.11. The van der Waals surface area contributed by atoms with Gasteiger partial charge in [-0.2, -0.15) is 5.10 Å². The molecule has 0 radical (unpaired) electrons. The van der Waals surface area contributed by atoms with Gasteiger partial charge in [0.25, 0.3) is 0 Å². The van der Waals surface area contributed by atoms with Crippen LogP contribution >= 0.6 is 11.8 Å². The average molecular weight is 388 g/mol. The highest BCUT2D eigenvalue weighted by molar-refractivity contribution is 7.98. The first-order valence-corrected chi connectivity index (χ1v) is 9.26. The molecule has 2 heterocycles. The Morgan fingerprint density at radius 3 is 2.78 bits per heavy atom.